The molecule has 1 aromatic heterocycles. The quantitative estimate of drug-likeness (QED) is 0.409. The van der Waals surface area contributed by atoms with Gasteiger partial charge >= 0.3 is 0 Å². The fourth-order valence-electron chi connectivity index (χ4n) is 2.15. The molecule has 0 aliphatic rings. The molecule has 0 unspecified atom stereocenters. The lowest BCUT2D eigenvalue weighted by atomic mass is 10.3. The Balaban J connectivity index is 1.89. The van der Waals surface area contributed by atoms with Crippen molar-refractivity contribution in [2.75, 3.05) is 26.8 Å². The molecule has 140 valence electrons. The molecule has 0 atom stereocenters. The van der Waals surface area contributed by atoms with E-state index in [9.17, 15) is 4.39 Å². The third-order valence-electron chi connectivity index (χ3n) is 3.40. The van der Waals surface area contributed by atoms with E-state index in [0.29, 0.717) is 24.8 Å². The lowest BCUT2D eigenvalue weighted by Crippen LogP contribution is -2.38. The number of ether oxygens (including phenoxy) is 2. The number of guanidine groups is 1. The number of nitrogens with one attached hydrogen (secondary N) is 2. The Morgan fingerprint density at radius 3 is 2.81 bits per heavy atom. The molecule has 0 fully saturated rings. The topological polar surface area (TPSA) is 67.8 Å². The highest BCUT2D eigenvalue weighted by molar-refractivity contribution is 5.79. The molecule has 1 heterocycles. The van der Waals surface area contributed by atoms with Gasteiger partial charge in [-0.05, 0) is 31.0 Å². The van der Waals surface area contributed by atoms with E-state index in [0.717, 1.165) is 31.0 Å². The number of hydrogen-bond acceptors (Lipinski definition) is 4. The van der Waals surface area contributed by atoms with Crippen LogP contribution in [0.2, 0.25) is 0 Å². The van der Waals surface area contributed by atoms with Gasteiger partial charge in [-0.25, -0.2) is 14.4 Å². The van der Waals surface area contributed by atoms with Gasteiger partial charge in [0.05, 0.1) is 6.54 Å². The fraction of sp³-hybridized carbons (Fsp3) is 0.368. The van der Waals surface area contributed by atoms with Crippen LogP contribution in [0.1, 0.15) is 18.9 Å². The van der Waals surface area contributed by atoms with E-state index in [1.54, 1.807) is 31.5 Å². The van der Waals surface area contributed by atoms with Crippen molar-refractivity contribution < 1.29 is 13.9 Å². The molecule has 0 amide bonds. The van der Waals surface area contributed by atoms with E-state index in [1.807, 2.05) is 13.0 Å². The number of aliphatic imine (C=N–C) groups is 1. The van der Waals surface area contributed by atoms with E-state index in [-0.39, 0.29) is 5.82 Å². The van der Waals surface area contributed by atoms with Gasteiger partial charge in [-0.15, -0.1) is 0 Å². The molecular weight excluding hydrogens is 335 g/mol. The van der Waals surface area contributed by atoms with Crippen molar-refractivity contribution in [3.05, 3.63) is 54.0 Å². The highest BCUT2D eigenvalue weighted by atomic mass is 19.1. The third kappa shape index (κ3) is 7.06. The molecule has 26 heavy (non-hydrogen) atoms. The molecular formula is C19H25FN4O2. The van der Waals surface area contributed by atoms with Crippen LogP contribution in [0, 0.1) is 5.82 Å². The number of methoxy groups -OCH3 is 1. The van der Waals surface area contributed by atoms with Crippen LogP contribution in [0.4, 0.5) is 4.39 Å². The monoisotopic (exact) mass is 360 g/mol. The Morgan fingerprint density at radius 2 is 2.12 bits per heavy atom. The van der Waals surface area contributed by atoms with Crippen LogP contribution in [-0.4, -0.2) is 37.7 Å². The first-order chi connectivity index (χ1) is 12.7. The van der Waals surface area contributed by atoms with E-state index < -0.39 is 0 Å². The van der Waals surface area contributed by atoms with Crippen LogP contribution in [0.3, 0.4) is 0 Å². The molecule has 0 saturated heterocycles. The summed E-state index contributed by atoms with van der Waals surface area (Å²) in [5.41, 5.74) is 0.950. The number of pyridine rings is 1. The minimum atomic E-state index is -0.345. The van der Waals surface area contributed by atoms with Crippen LogP contribution < -0.4 is 15.4 Å². The van der Waals surface area contributed by atoms with Crippen LogP contribution in [0.15, 0.2) is 47.6 Å². The summed E-state index contributed by atoms with van der Waals surface area (Å²) < 4.78 is 23.7. The highest BCUT2D eigenvalue weighted by Crippen LogP contribution is 2.20. The van der Waals surface area contributed by atoms with Gasteiger partial charge < -0.3 is 20.1 Å². The van der Waals surface area contributed by atoms with Gasteiger partial charge in [-0.2, -0.15) is 0 Å². The van der Waals surface area contributed by atoms with Gasteiger partial charge in [-0.1, -0.05) is 12.1 Å². The normalized spacial score (nSPS) is 11.3. The summed E-state index contributed by atoms with van der Waals surface area (Å²) in [4.78, 5) is 8.77. The Bertz CT molecular complexity index is 692. The second kappa shape index (κ2) is 11.0. The van der Waals surface area contributed by atoms with E-state index in [1.165, 1.54) is 12.1 Å². The van der Waals surface area contributed by atoms with Crippen LogP contribution in [-0.2, 0) is 11.3 Å². The predicted molar refractivity (Wildman–Crippen MR) is 100 cm³/mol. The van der Waals surface area contributed by atoms with Gasteiger partial charge in [-0.3, -0.25) is 0 Å². The molecule has 0 aliphatic carbocycles. The standard InChI is InChI=1S/C19H25FN4O2/c1-3-21-19(22-10-5-11-25-2)24-14-15-8-9-18(23-13-15)26-17-7-4-6-16(20)12-17/h4,6-9,12-13H,3,5,10-11,14H2,1-2H3,(H2,21,22,24). The van der Waals surface area contributed by atoms with Crippen LogP contribution in [0.25, 0.3) is 0 Å². The molecule has 0 saturated carbocycles. The smallest absolute Gasteiger partial charge is 0.219 e. The average molecular weight is 360 g/mol. The third-order valence-corrected chi connectivity index (χ3v) is 3.40. The molecule has 6 nitrogen and oxygen atoms in total. The summed E-state index contributed by atoms with van der Waals surface area (Å²) in [6, 6.07) is 9.59. The summed E-state index contributed by atoms with van der Waals surface area (Å²) in [6.45, 7) is 4.80. The van der Waals surface area contributed by atoms with Gasteiger partial charge in [0.2, 0.25) is 5.88 Å². The predicted octanol–water partition coefficient (Wildman–Crippen LogP) is 3.10. The minimum absolute atomic E-state index is 0.345. The van der Waals surface area contributed by atoms with Gasteiger partial charge in [0.1, 0.15) is 11.6 Å². The second-order valence-corrected chi connectivity index (χ2v) is 5.53. The fourth-order valence-corrected chi connectivity index (χ4v) is 2.15. The zero-order chi connectivity index (χ0) is 18.6. The van der Waals surface area contributed by atoms with E-state index in [4.69, 9.17) is 9.47 Å². The lowest BCUT2D eigenvalue weighted by molar-refractivity contribution is 0.195. The number of nitrogens with zero attached hydrogens (tertiary/aromatic N) is 2. The highest BCUT2D eigenvalue weighted by Gasteiger charge is 2.02. The largest absolute Gasteiger partial charge is 0.439 e. The average Bonchev–Trinajstić information content (AvgIpc) is 2.64. The second-order valence-electron chi connectivity index (χ2n) is 5.53. The van der Waals surface area contributed by atoms with Crippen molar-refractivity contribution in [3.8, 4) is 11.6 Å². The first-order valence-corrected chi connectivity index (χ1v) is 8.60. The maximum atomic E-state index is 13.2. The van der Waals surface area contributed by atoms with Crippen molar-refractivity contribution in [2.24, 2.45) is 4.99 Å². The number of halogens is 1. The van der Waals surface area contributed by atoms with Crippen molar-refractivity contribution >= 4 is 5.96 Å². The molecule has 0 radical (unpaired) electrons. The maximum absolute atomic E-state index is 13.2. The number of rotatable bonds is 9. The van der Waals surface area contributed by atoms with Gasteiger partial charge in [0.25, 0.3) is 0 Å². The number of hydrogen-bond donors (Lipinski definition) is 2. The zero-order valence-electron chi connectivity index (χ0n) is 15.2. The zero-order valence-corrected chi connectivity index (χ0v) is 15.2. The minimum Gasteiger partial charge on any atom is -0.439 e. The molecule has 0 aliphatic heterocycles. The maximum Gasteiger partial charge on any atom is 0.219 e. The molecule has 0 spiro atoms. The molecule has 1 aromatic carbocycles. The first kappa shape index (κ1) is 19.7. The van der Waals surface area contributed by atoms with Gasteiger partial charge in [0.15, 0.2) is 5.96 Å². The Kier molecular flexibility index (Phi) is 8.35. The Morgan fingerprint density at radius 1 is 1.23 bits per heavy atom. The Labute approximate surface area is 153 Å². The summed E-state index contributed by atoms with van der Waals surface area (Å²) in [7, 11) is 1.69. The first-order valence-electron chi connectivity index (χ1n) is 8.60. The number of aromatic nitrogens is 1. The van der Waals surface area contributed by atoms with Gasteiger partial charge in [0, 0.05) is 45.1 Å². The number of benzene rings is 1. The lowest BCUT2D eigenvalue weighted by Gasteiger charge is -2.11. The van der Waals surface area contributed by atoms with Crippen LogP contribution in [0.5, 0.6) is 11.6 Å². The van der Waals surface area contributed by atoms with Crippen molar-refractivity contribution in [2.45, 2.75) is 19.9 Å². The van der Waals surface area contributed by atoms with Crippen molar-refractivity contribution in [1.82, 2.24) is 15.6 Å². The van der Waals surface area contributed by atoms with Crippen molar-refractivity contribution in [3.63, 3.8) is 0 Å². The van der Waals surface area contributed by atoms with E-state index in [2.05, 4.69) is 20.6 Å². The summed E-state index contributed by atoms with van der Waals surface area (Å²) >= 11 is 0. The molecule has 2 rings (SSSR count). The SMILES string of the molecule is CCNC(=NCc1ccc(Oc2cccc(F)c2)nc1)NCCCOC. The molecule has 7 heteroatoms. The molecule has 2 N–H and O–H groups in total. The molecule has 2 aromatic rings. The molecule has 0 bridgehead atoms. The Hall–Kier alpha value is -2.67. The van der Waals surface area contributed by atoms with E-state index >= 15 is 0 Å². The van der Waals surface area contributed by atoms with Crippen LogP contribution >= 0.6 is 0 Å². The van der Waals surface area contributed by atoms with Crippen molar-refractivity contribution in [1.29, 1.82) is 0 Å². The summed E-state index contributed by atoms with van der Waals surface area (Å²) in [6.07, 6.45) is 2.61. The summed E-state index contributed by atoms with van der Waals surface area (Å²) in [5, 5.41) is 6.45. The summed E-state index contributed by atoms with van der Waals surface area (Å²) in [5.74, 6) is 1.23.